The van der Waals surface area contributed by atoms with E-state index in [0.717, 1.165) is 112 Å². The van der Waals surface area contributed by atoms with Gasteiger partial charge in [0.15, 0.2) is 0 Å². The quantitative estimate of drug-likeness (QED) is 0.0814. The number of benzene rings is 18. The van der Waals surface area contributed by atoms with Gasteiger partial charge in [0, 0.05) is 72.2 Å². The van der Waals surface area contributed by atoms with Crippen molar-refractivity contribution >= 4 is 144 Å². The maximum absolute atomic E-state index is 2.70. The van der Waals surface area contributed by atoms with Crippen LogP contribution in [0.2, 0.25) is 0 Å². The van der Waals surface area contributed by atoms with E-state index < -0.39 is 0 Å². The van der Waals surface area contributed by atoms with Crippen LogP contribution < -0.4 is 26.2 Å². The van der Waals surface area contributed by atoms with Crippen LogP contribution in [-0.2, 0) is 0 Å². The minimum atomic E-state index is -0.300. The van der Waals surface area contributed by atoms with Gasteiger partial charge in [0.1, 0.15) is 0 Å². The summed E-state index contributed by atoms with van der Waals surface area (Å²) in [5.41, 5.74) is 28.5. The first-order valence-corrected chi connectivity index (χ1v) is 35.8. The second kappa shape index (κ2) is 22.5. The molecule has 0 saturated carbocycles. The van der Waals surface area contributed by atoms with E-state index in [1.807, 2.05) is 0 Å². The summed E-state index contributed by atoms with van der Waals surface area (Å²) in [5, 5.41) is 15.0. The lowest BCUT2D eigenvalue weighted by atomic mass is 9.33. The van der Waals surface area contributed by atoms with Crippen molar-refractivity contribution in [2.24, 2.45) is 0 Å². The van der Waals surface area contributed by atoms with E-state index in [1.54, 1.807) is 0 Å². The summed E-state index contributed by atoms with van der Waals surface area (Å²) in [5.74, 6) is 0. The molecule has 4 heterocycles. The second-order valence-corrected chi connectivity index (χ2v) is 27.7. The molecule has 0 unspecified atom stereocenters. The van der Waals surface area contributed by atoms with Crippen LogP contribution >= 0.6 is 0 Å². The lowest BCUT2D eigenvalue weighted by Gasteiger charge is -2.46. The Morgan fingerprint density at radius 1 is 0.204 bits per heavy atom. The molecule has 2 aromatic heterocycles. The number of aromatic nitrogens is 2. The zero-order chi connectivity index (χ0) is 67.4. The molecule has 0 N–H and O–H groups in total. The standard InChI is InChI=1S/C98H61BN4/c1-5-26-62(27-6-1)72-41-24-42-73(63-28-7-2-8-29-63)97(72)102-89-57-53-68(71-55-52-67-36-22-46-81-80-45-21-34-66-35-23-47-82(93(66)80)95(71)94(67)81)58-84(89)99-83-56-54-69(100-85-48-17-13-37-76(85)77-38-14-18-49-86(77)100)59-90(83)103(98-74(64-30-9-3-10-31-64)43-25-44-75(98)65-32-11-4-12-33-65)92-61-70(60-91(102)96(92)99)101-87-50-19-15-39-78(87)79-40-16-20-51-88(79)101/h1-61H. The molecule has 2 aliphatic heterocycles. The summed E-state index contributed by atoms with van der Waals surface area (Å²) < 4.78 is 5.04. The monoisotopic (exact) mass is 1300 g/mol. The lowest BCUT2D eigenvalue weighted by Crippen LogP contribution is -2.61. The van der Waals surface area contributed by atoms with Crippen LogP contribution in [0.3, 0.4) is 0 Å². The van der Waals surface area contributed by atoms with Crippen LogP contribution in [0.25, 0.3) is 154 Å². The van der Waals surface area contributed by atoms with E-state index in [2.05, 4.69) is 389 Å². The van der Waals surface area contributed by atoms with Crippen molar-refractivity contribution in [2.75, 3.05) is 9.80 Å². The van der Waals surface area contributed by atoms with Gasteiger partial charge in [-0.05, 0) is 147 Å². The Hall–Kier alpha value is -13.5. The Labute approximate surface area is 596 Å². The van der Waals surface area contributed by atoms with Gasteiger partial charge in [0.25, 0.3) is 6.71 Å². The van der Waals surface area contributed by atoms with Gasteiger partial charge in [-0.2, -0.15) is 0 Å². The van der Waals surface area contributed by atoms with Crippen molar-refractivity contribution in [2.45, 2.75) is 0 Å². The molecule has 0 aliphatic carbocycles. The summed E-state index contributed by atoms with van der Waals surface area (Å²) in [6.07, 6.45) is 0. The predicted octanol–water partition coefficient (Wildman–Crippen LogP) is 24.3. The fourth-order valence-corrected chi connectivity index (χ4v) is 18.2. The molecule has 103 heavy (non-hydrogen) atoms. The van der Waals surface area contributed by atoms with Crippen molar-refractivity contribution in [3.63, 3.8) is 0 Å². The highest BCUT2D eigenvalue weighted by atomic mass is 15.2. The van der Waals surface area contributed by atoms with Crippen molar-refractivity contribution in [3.05, 3.63) is 370 Å². The summed E-state index contributed by atoms with van der Waals surface area (Å²) >= 11 is 0. The first kappa shape index (κ1) is 57.4. The highest BCUT2D eigenvalue weighted by Gasteiger charge is 2.46. The van der Waals surface area contributed by atoms with E-state index in [0.29, 0.717) is 0 Å². The average molecular weight is 1310 g/mol. The maximum Gasteiger partial charge on any atom is 0.252 e. The molecular weight excluding hydrogens is 1240 g/mol. The summed E-state index contributed by atoms with van der Waals surface area (Å²) in [6, 6.07) is 139. The van der Waals surface area contributed by atoms with Crippen LogP contribution in [0.1, 0.15) is 0 Å². The van der Waals surface area contributed by atoms with Crippen LogP contribution in [-0.4, -0.2) is 15.8 Å². The second-order valence-electron chi connectivity index (χ2n) is 27.7. The van der Waals surface area contributed by atoms with Crippen molar-refractivity contribution < 1.29 is 0 Å². The zero-order valence-corrected chi connectivity index (χ0v) is 56.1. The summed E-state index contributed by atoms with van der Waals surface area (Å²) in [6.45, 7) is -0.300. The predicted molar refractivity (Wildman–Crippen MR) is 438 cm³/mol. The number of hydrogen-bond donors (Lipinski definition) is 0. The third kappa shape index (κ3) is 8.48. The van der Waals surface area contributed by atoms with E-state index >= 15 is 0 Å². The molecule has 20 aromatic rings. The van der Waals surface area contributed by atoms with Gasteiger partial charge in [-0.25, -0.2) is 0 Å². The van der Waals surface area contributed by atoms with Gasteiger partial charge < -0.3 is 18.9 Å². The number of hydrogen-bond acceptors (Lipinski definition) is 2. The van der Waals surface area contributed by atoms with Crippen molar-refractivity contribution in [1.29, 1.82) is 0 Å². The van der Waals surface area contributed by atoms with E-state index in [9.17, 15) is 0 Å². The van der Waals surface area contributed by atoms with Crippen LogP contribution in [0.4, 0.5) is 34.1 Å². The zero-order valence-electron chi connectivity index (χ0n) is 56.1. The topological polar surface area (TPSA) is 16.3 Å². The van der Waals surface area contributed by atoms with Crippen molar-refractivity contribution in [1.82, 2.24) is 9.13 Å². The van der Waals surface area contributed by atoms with E-state index in [-0.39, 0.29) is 6.71 Å². The number of nitrogens with zero attached hydrogens (tertiary/aromatic N) is 4. The summed E-state index contributed by atoms with van der Waals surface area (Å²) in [4.78, 5) is 5.39. The van der Waals surface area contributed by atoms with Gasteiger partial charge in [-0.3, -0.25) is 0 Å². The number of para-hydroxylation sites is 6. The van der Waals surface area contributed by atoms with Crippen LogP contribution in [0, 0.1) is 0 Å². The average Bonchev–Trinajstić information content (AvgIpc) is 0.988. The molecule has 0 radical (unpaired) electrons. The third-order valence-electron chi connectivity index (χ3n) is 22.4. The molecule has 0 atom stereocenters. The fraction of sp³-hybridized carbons (Fsp3) is 0. The van der Waals surface area contributed by atoms with Gasteiger partial charge in [-0.1, -0.05) is 315 Å². The highest BCUT2D eigenvalue weighted by Crippen LogP contribution is 2.55. The van der Waals surface area contributed by atoms with Crippen LogP contribution in [0.5, 0.6) is 0 Å². The van der Waals surface area contributed by atoms with E-state index in [4.69, 9.17) is 0 Å². The van der Waals surface area contributed by atoms with Gasteiger partial charge >= 0.3 is 0 Å². The van der Waals surface area contributed by atoms with Crippen LogP contribution in [0.15, 0.2) is 370 Å². The summed E-state index contributed by atoms with van der Waals surface area (Å²) in [7, 11) is 0. The SMILES string of the molecule is c1ccc(-c2cccc(-c3ccccc3)c2N2c3ccc(-c4ccc5cccc6c7cccc8cccc(c4c56)c87)cc3B3c4ccc(-n5c6ccccc6c6ccccc65)cc4N(c4c(-c5ccccc5)cccc4-c4ccccc4)c4cc(-n5c6ccccc6c6ccccc65)cc2c43)cc1. The Bertz CT molecular complexity index is 6650. The van der Waals surface area contributed by atoms with Crippen molar-refractivity contribution in [3.8, 4) is 67.0 Å². The number of fused-ring (bicyclic) bond motifs is 12. The fourth-order valence-electron chi connectivity index (χ4n) is 18.2. The largest absolute Gasteiger partial charge is 0.310 e. The highest BCUT2D eigenvalue weighted by molar-refractivity contribution is 7.00. The molecule has 0 amide bonds. The Balaban J connectivity index is 0.937. The van der Waals surface area contributed by atoms with Gasteiger partial charge in [-0.15, -0.1) is 0 Å². The Kier molecular flexibility index (Phi) is 12.6. The minimum absolute atomic E-state index is 0.300. The molecule has 0 fully saturated rings. The first-order valence-electron chi connectivity index (χ1n) is 35.8. The molecule has 0 spiro atoms. The van der Waals surface area contributed by atoms with Gasteiger partial charge in [0.05, 0.1) is 39.1 Å². The number of rotatable bonds is 9. The molecule has 18 aromatic carbocycles. The lowest BCUT2D eigenvalue weighted by molar-refractivity contribution is 1.15. The molecule has 0 bridgehead atoms. The molecule has 0 saturated heterocycles. The smallest absolute Gasteiger partial charge is 0.252 e. The molecular formula is C98H61BN4. The third-order valence-corrected chi connectivity index (χ3v) is 22.4. The molecule has 2 aliphatic rings. The number of anilines is 6. The van der Waals surface area contributed by atoms with Gasteiger partial charge in [0.2, 0.25) is 0 Å². The molecule has 4 nitrogen and oxygen atoms in total. The Morgan fingerprint density at radius 2 is 0.592 bits per heavy atom. The molecule has 22 rings (SSSR count). The Morgan fingerprint density at radius 3 is 1.08 bits per heavy atom. The maximum atomic E-state index is 2.70. The van der Waals surface area contributed by atoms with E-state index in [1.165, 1.54) is 92.2 Å². The first-order chi connectivity index (χ1) is 51.2. The normalized spacial score (nSPS) is 12.6. The molecule has 5 heteroatoms. The minimum Gasteiger partial charge on any atom is -0.310 e. The molecule has 476 valence electrons.